The van der Waals surface area contributed by atoms with Gasteiger partial charge in [0.2, 0.25) is 0 Å². The van der Waals surface area contributed by atoms with Crippen LogP contribution in [-0.2, 0) is 6.42 Å². The van der Waals surface area contributed by atoms with E-state index in [0.29, 0.717) is 6.54 Å². The van der Waals surface area contributed by atoms with Crippen LogP contribution in [-0.4, -0.2) is 16.5 Å². The molecule has 0 atom stereocenters. The molecule has 3 nitrogen and oxygen atoms in total. The van der Waals surface area contributed by atoms with Gasteiger partial charge in [0.15, 0.2) is 0 Å². The monoisotopic (exact) mass is 231 g/mol. The predicted molar refractivity (Wildman–Crippen MR) is 61.1 cm³/mol. The van der Waals surface area contributed by atoms with Crippen LogP contribution in [0.25, 0.3) is 11.0 Å². The van der Waals surface area contributed by atoms with Crippen molar-refractivity contribution in [1.82, 2.24) is 9.97 Å². The van der Waals surface area contributed by atoms with Crippen molar-refractivity contribution in [2.45, 2.75) is 6.42 Å². The van der Waals surface area contributed by atoms with Crippen molar-refractivity contribution in [3.05, 3.63) is 29.0 Å². The molecule has 0 aliphatic heterocycles. The number of nitrogens with one attached hydrogen (secondary N) is 1. The molecule has 2 rings (SSSR count). The minimum absolute atomic E-state index is 0. The van der Waals surface area contributed by atoms with Crippen molar-refractivity contribution in [1.29, 1.82) is 0 Å². The van der Waals surface area contributed by atoms with Crippen molar-refractivity contribution >= 4 is 35.0 Å². The van der Waals surface area contributed by atoms with Crippen LogP contribution in [0.3, 0.4) is 0 Å². The summed E-state index contributed by atoms with van der Waals surface area (Å²) in [4.78, 5) is 7.23. The third-order valence-electron chi connectivity index (χ3n) is 2.02. The first-order valence-corrected chi connectivity index (χ1v) is 4.51. The Labute approximate surface area is 93.1 Å². The molecule has 2 heterocycles. The van der Waals surface area contributed by atoms with E-state index in [1.807, 2.05) is 6.20 Å². The van der Waals surface area contributed by atoms with E-state index >= 15 is 0 Å². The van der Waals surface area contributed by atoms with Gasteiger partial charge in [-0.3, -0.25) is 0 Å². The maximum absolute atomic E-state index is 6.04. The molecule has 0 amide bonds. The first-order chi connectivity index (χ1) is 6.33. The molecule has 2 aromatic rings. The molecule has 5 heteroatoms. The SMILES string of the molecule is Cl.NCCc1c[nH]c2nccc(Cl)c12. The van der Waals surface area contributed by atoms with Gasteiger partial charge in [0.25, 0.3) is 0 Å². The number of aromatic nitrogens is 2. The number of halogens is 2. The molecule has 0 fully saturated rings. The summed E-state index contributed by atoms with van der Waals surface area (Å²) >= 11 is 6.04. The second-order valence-electron chi connectivity index (χ2n) is 2.87. The zero-order chi connectivity index (χ0) is 9.26. The van der Waals surface area contributed by atoms with Crippen LogP contribution >= 0.6 is 24.0 Å². The van der Waals surface area contributed by atoms with Crippen LogP contribution in [0.15, 0.2) is 18.5 Å². The van der Waals surface area contributed by atoms with E-state index in [2.05, 4.69) is 9.97 Å². The van der Waals surface area contributed by atoms with Gasteiger partial charge in [0.1, 0.15) is 5.65 Å². The van der Waals surface area contributed by atoms with Crippen molar-refractivity contribution in [3.8, 4) is 0 Å². The topological polar surface area (TPSA) is 54.7 Å². The highest BCUT2D eigenvalue weighted by molar-refractivity contribution is 6.35. The van der Waals surface area contributed by atoms with E-state index in [4.69, 9.17) is 17.3 Å². The molecule has 0 spiro atoms. The number of hydrogen-bond acceptors (Lipinski definition) is 2. The number of hydrogen-bond donors (Lipinski definition) is 2. The van der Waals surface area contributed by atoms with Crippen LogP contribution < -0.4 is 5.73 Å². The summed E-state index contributed by atoms with van der Waals surface area (Å²) in [6.45, 7) is 0.623. The molecular formula is C9H11Cl2N3. The van der Waals surface area contributed by atoms with E-state index < -0.39 is 0 Å². The van der Waals surface area contributed by atoms with Gasteiger partial charge in [-0.2, -0.15) is 0 Å². The zero-order valence-corrected chi connectivity index (χ0v) is 9.03. The van der Waals surface area contributed by atoms with Crippen molar-refractivity contribution in [2.75, 3.05) is 6.54 Å². The van der Waals surface area contributed by atoms with Gasteiger partial charge in [-0.15, -0.1) is 12.4 Å². The molecule has 0 saturated carbocycles. The minimum atomic E-state index is 0. The molecule has 76 valence electrons. The van der Waals surface area contributed by atoms with Crippen LogP contribution in [0.1, 0.15) is 5.56 Å². The lowest BCUT2D eigenvalue weighted by molar-refractivity contribution is 0.976. The maximum Gasteiger partial charge on any atom is 0.139 e. The second-order valence-corrected chi connectivity index (χ2v) is 3.28. The summed E-state index contributed by atoms with van der Waals surface area (Å²) in [6.07, 6.45) is 4.43. The van der Waals surface area contributed by atoms with Crippen molar-refractivity contribution in [3.63, 3.8) is 0 Å². The molecule has 0 aliphatic carbocycles. The molecule has 0 aromatic carbocycles. The highest BCUT2D eigenvalue weighted by Crippen LogP contribution is 2.24. The molecular weight excluding hydrogens is 221 g/mol. The van der Waals surface area contributed by atoms with Gasteiger partial charge in [0, 0.05) is 17.8 Å². The molecule has 0 saturated heterocycles. The Kier molecular flexibility index (Phi) is 3.75. The molecule has 3 N–H and O–H groups in total. The van der Waals surface area contributed by atoms with Gasteiger partial charge < -0.3 is 10.7 Å². The smallest absolute Gasteiger partial charge is 0.139 e. The Morgan fingerprint density at radius 2 is 2.29 bits per heavy atom. The summed E-state index contributed by atoms with van der Waals surface area (Å²) in [5.74, 6) is 0. The predicted octanol–water partition coefficient (Wildman–Crippen LogP) is 2.14. The van der Waals surface area contributed by atoms with E-state index in [-0.39, 0.29) is 12.4 Å². The normalized spacial score (nSPS) is 10.1. The molecule has 2 aromatic heterocycles. The lowest BCUT2D eigenvalue weighted by Crippen LogP contribution is -2.01. The Morgan fingerprint density at radius 3 is 3.00 bits per heavy atom. The number of pyridine rings is 1. The average molecular weight is 232 g/mol. The summed E-state index contributed by atoms with van der Waals surface area (Å²) in [5, 5.41) is 1.73. The number of fused-ring (bicyclic) bond motifs is 1. The molecule has 0 radical (unpaired) electrons. The number of nitrogens with two attached hydrogens (primary N) is 1. The number of H-pyrrole nitrogens is 1. The highest BCUT2D eigenvalue weighted by Gasteiger charge is 2.06. The second kappa shape index (κ2) is 4.64. The van der Waals surface area contributed by atoms with Crippen LogP contribution in [0.4, 0.5) is 0 Å². The standard InChI is InChI=1S/C9H10ClN3.ClH/c10-7-2-4-12-9-8(7)6(1-3-11)5-13-9;/h2,4-5H,1,3,11H2,(H,12,13);1H. The first-order valence-electron chi connectivity index (χ1n) is 4.13. The highest BCUT2D eigenvalue weighted by atomic mass is 35.5. The fourth-order valence-electron chi connectivity index (χ4n) is 1.43. The van der Waals surface area contributed by atoms with Crippen LogP contribution in [0, 0.1) is 0 Å². The number of aromatic amines is 1. The van der Waals surface area contributed by atoms with Crippen molar-refractivity contribution in [2.24, 2.45) is 5.73 Å². The van der Waals surface area contributed by atoms with Gasteiger partial charge in [-0.1, -0.05) is 11.6 Å². The third-order valence-corrected chi connectivity index (χ3v) is 2.33. The largest absolute Gasteiger partial charge is 0.346 e. The minimum Gasteiger partial charge on any atom is -0.346 e. The van der Waals surface area contributed by atoms with E-state index in [9.17, 15) is 0 Å². The van der Waals surface area contributed by atoms with Gasteiger partial charge in [0.05, 0.1) is 5.02 Å². The van der Waals surface area contributed by atoms with E-state index in [0.717, 1.165) is 28.0 Å². The van der Waals surface area contributed by atoms with Crippen LogP contribution in [0.2, 0.25) is 5.02 Å². The molecule has 0 unspecified atom stereocenters. The zero-order valence-electron chi connectivity index (χ0n) is 7.46. The Bertz CT molecular complexity index is 425. The van der Waals surface area contributed by atoms with E-state index in [1.165, 1.54) is 0 Å². The summed E-state index contributed by atoms with van der Waals surface area (Å²) in [5.41, 5.74) is 7.45. The first kappa shape index (κ1) is 11.3. The fourth-order valence-corrected chi connectivity index (χ4v) is 1.70. The third kappa shape index (κ3) is 1.85. The Hall–Kier alpha value is -0.770. The Balaban J connectivity index is 0.000000980. The number of nitrogens with zero attached hydrogens (tertiary/aromatic N) is 1. The van der Waals surface area contributed by atoms with Gasteiger partial charge in [-0.25, -0.2) is 4.98 Å². The summed E-state index contributed by atoms with van der Waals surface area (Å²) in [7, 11) is 0. The lowest BCUT2D eigenvalue weighted by Gasteiger charge is -1.96. The van der Waals surface area contributed by atoms with E-state index in [1.54, 1.807) is 12.3 Å². The summed E-state index contributed by atoms with van der Waals surface area (Å²) < 4.78 is 0. The molecule has 14 heavy (non-hydrogen) atoms. The van der Waals surface area contributed by atoms with Gasteiger partial charge >= 0.3 is 0 Å². The van der Waals surface area contributed by atoms with Gasteiger partial charge in [-0.05, 0) is 24.6 Å². The quantitative estimate of drug-likeness (QED) is 0.833. The van der Waals surface area contributed by atoms with Crippen LogP contribution in [0.5, 0.6) is 0 Å². The lowest BCUT2D eigenvalue weighted by atomic mass is 10.1. The average Bonchev–Trinajstić information content (AvgIpc) is 2.51. The Morgan fingerprint density at radius 1 is 1.50 bits per heavy atom. The van der Waals surface area contributed by atoms with Crippen molar-refractivity contribution < 1.29 is 0 Å². The summed E-state index contributed by atoms with van der Waals surface area (Å²) in [6, 6.07) is 1.79. The maximum atomic E-state index is 6.04. The molecule has 0 bridgehead atoms. The molecule has 0 aliphatic rings. The number of rotatable bonds is 2. The fraction of sp³-hybridized carbons (Fsp3) is 0.222.